The third-order valence-electron chi connectivity index (χ3n) is 1.96. The lowest BCUT2D eigenvalue weighted by molar-refractivity contribution is 0.396. The largest absolute Gasteiger partial charge is 0.329 e. The van der Waals surface area contributed by atoms with E-state index in [1.54, 1.807) is 0 Å². The van der Waals surface area contributed by atoms with E-state index in [0.717, 1.165) is 6.54 Å². The van der Waals surface area contributed by atoms with Crippen LogP contribution in [0.1, 0.15) is 20.3 Å². The molecule has 0 unspecified atom stereocenters. The Morgan fingerprint density at radius 3 is 2.22 bits per heavy atom. The zero-order valence-electron chi connectivity index (χ0n) is 6.65. The van der Waals surface area contributed by atoms with E-state index in [-0.39, 0.29) is 0 Å². The summed E-state index contributed by atoms with van der Waals surface area (Å²) in [4.78, 5) is 0. The van der Waals surface area contributed by atoms with Crippen LogP contribution in [0.5, 0.6) is 0 Å². The van der Waals surface area contributed by atoms with Crippen molar-refractivity contribution in [2.45, 2.75) is 26.3 Å². The third kappa shape index (κ3) is 2.82. The monoisotopic (exact) mass is 130 g/mol. The standard InChI is InChI=1S/C7H18N2/c1-4-6(2)7(5-8)9-3/h6-7,9H,4-5,8H2,1-3H3/t6-,7+/m0/s1. The Balaban J connectivity index is 3.50. The maximum Gasteiger partial charge on any atom is 0.0212 e. The lowest BCUT2D eigenvalue weighted by Gasteiger charge is -2.19. The molecule has 0 aliphatic rings. The van der Waals surface area contributed by atoms with Crippen molar-refractivity contribution < 1.29 is 0 Å². The Bertz CT molecular complexity index is 59.9. The van der Waals surface area contributed by atoms with Gasteiger partial charge in [-0.2, -0.15) is 0 Å². The first-order valence-corrected chi connectivity index (χ1v) is 3.63. The summed E-state index contributed by atoms with van der Waals surface area (Å²) >= 11 is 0. The molecule has 0 rings (SSSR count). The highest BCUT2D eigenvalue weighted by atomic mass is 14.9. The van der Waals surface area contributed by atoms with Gasteiger partial charge in [0.15, 0.2) is 0 Å². The quantitative estimate of drug-likeness (QED) is 0.584. The van der Waals surface area contributed by atoms with Gasteiger partial charge >= 0.3 is 0 Å². The summed E-state index contributed by atoms with van der Waals surface area (Å²) in [6, 6.07) is 0.495. The van der Waals surface area contributed by atoms with Gasteiger partial charge in [-0.15, -0.1) is 0 Å². The Labute approximate surface area is 57.8 Å². The average molecular weight is 130 g/mol. The van der Waals surface area contributed by atoms with Gasteiger partial charge in [0, 0.05) is 12.6 Å². The highest BCUT2D eigenvalue weighted by molar-refractivity contribution is 4.70. The SMILES string of the molecule is CC[C@H](C)[C@@H](CN)NC. The molecule has 0 fully saturated rings. The number of hydrogen-bond acceptors (Lipinski definition) is 2. The normalized spacial score (nSPS) is 17.3. The third-order valence-corrected chi connectivity index (χ3v) is 1.96. The van der Waals surface area contributed by atoms with Gasteiger partial charge in [0.05, 0.1) is 0 Å². The second-order valence-corrected chi connectivity index (χ2v) is 2.52. The summed E-state index contributed by atoms with van der Waals surface area (Å²) in [5.41, 5.74) is 5.50. The molecule has 0 aromatic heterocycles. The van der Waals surface area contributed by atoms with Gasteiger partial charge in [-0.3, -0.25) is 0 Å². The Kier molecular flexibility index (Phi) is 4.72. The van der Waals surface area contributed by atoms with Crippen LogP contribution >= 0.6 is 0 Å². The lowest BCUT2D eigenvalue weighted by atomic mass is 10.00. The van der Waals surface area contributed by atoms with Crippen molar-refractivity contribution in [1.82, 2.24) is 5.32 Å². The minimum Gasteiger partial charge on any atom is -0.329 e. The zero-order valence-corrected chi connectivity index (χ0v) is 6.65. The predicted octanol–water partition coefficient (Wildman–Crippen LogP) is 0.579. The van der Waals surface area contributed by atoms with Gasteiger partial charge in [-0.05, 0) is 13.0 Å². The molecule has 0 aromatic carbocycles. The number of likely N-dealkylation sites (N-methyl/N-ethyl adjacent to an activating group) is 1. The van der Waals surface area contributed by atoms with Crippen molar-refractivity contribution in [3.05, 3.63) is 0 Å². The van der Waals surface area contributed by atoms with Crippen molar-refractivity contribution in [3.8, 4) is 0 Å². The summed E-state index contributed by atoms with van der Waals surface area (Å²) in [6.45, 7) is 5.14. The lowest BCUT2D eigenvalue weighted by Crippen LogP contribution is -2.38. The van der Waals surface area contributed by atoms with Gasteiger partial charge in [0.2, 0.25) is 0 Å². The van der Waals surface area contributed by atoms with Crippen LogP contribution in [0, 0.1) is 5.92 Å². The first-order valence-electron chi connectivity index (χ1n) is 3.63. The highest BCUT2D eigenvalue weighted by Gasteiger charge is 2.09. The van der Waals surface area contributed by atoms with Crippen LogP contribution in [0.4, 0.5) is 0 Å². The minimum atomic E-state index is 0.495. The number of nitrogens with two attached hydrogens (primary N) is 1. The fraction of sp³-hybridized carbons (Fsp3) is 1.00. The molecule has 2 atom stereocenters. The topological polar surface area (TPSA) is 38.0 Å². The zero-order chi connectivity index (χ0) is 7.28. The molecule has 0 aromatic rings. The second kappa shape index (κ2) is 4.77. The molecular formula is C7H18N2. The van der Waals surface area contributed by atoms with Crippen LogP contribution in [-0.4, -0.2) is 19.6 Å². The first-order chi connectivity index (χ1) is 4.26. The van der Waals surface area contributed by atoms with Crippen LogP contribution in [-0.2, 0) is 0 Å². The molecule has 0 spiro atoms. The Morgan fingerprint density at radius 2 is 2.11 bits per heavy atom. The Morgan fingerprint density at radius 1 is 1.56 bits per heavy atom. The molecule has 0 heterocycles. The minimum absolute atomic E-state index is 0.495. The van der Waals surface area contributed by atoms with Gasteiger partial charge < -0.3 is 11.1 Å². The van der Waals surface area contributed by atoms with Crippen LogP contribution in [0.15, 0.2) is 0 Å². The van der Waals surface area contributed by atoms with Crippen molar-refractivity contribution in [3.63, 3.8) is 0 Å². The van der Waals surface area contributed by atoms with E-state index in [4.69, 9.17) is 5.73 Å². The average Bonchev–Trinajstić information content (AvgIpc) is 1.90. The fourth-order valence-electron chi connectivity index (χ4n) is 0.919. The van der Waals surface area contributed by atoms with Gasteiger partial charge in [-0.1, -0.05) is 20.3 Å². The second-order valence-electron chi connectivity index (χ2n) is 2.52. The maximum absolute atomic E-state index is 5.50. The molecule has 0 amide bonds. The van der Waals surface area contributed by atoms with Gasteiger partial charge in [0.25, 0.3) is 0 Å². The molecule has 0 bridgehead atoms. The molecule has 0 aliphatic heterocycles. The van der Waals surface area contributed by atoms with Crippen LogP contribution < -0.4 is 11.1 Å². The summed E-state index contributed by atoms with van der Waals surface area (Å²) in [5.74, 6) is 0.694. The van der Waals surface area contributed by atoms with E-state index < -0.39 is 0 Å². The summed E-state index contributed by atoms with van der Waals surface area (Å²) < 4.78 is 0. The van der Waals surface area contributed by atoms with E-state index >= 15 is 0 Å². The highest BCUT2D eigenvalue weighted by Crippen LogP contribution is 2.04. The summed E-state index contributed by atoms with van der Waals surface area (Å²) in [7, 11) is 1.96. The summed E-state index contributed by atoms with van der Waals surface area (Å²) in [6.07, 6.45) is 1.20. The van der Waals surface area contributed by atoms with Crippen molar-refractivity contribution in [2.75, 3.05) is 13.6 Å². The molecule has 3 N–H and O–H groups in total. The van der Waals surface area contributed by atoms with E-state index in [0.29, 0.717) is 12.0 Å². The molecule has 56 valence electrons. The van der Waals surface area contributed by atoms with E-state index in [9.17, 15) is 0 Å². The van der Waals surface area contributed by atoms with Crippen molar-refractivity contribution >= 4 is 0 Å². The molecule has 0 saturated carbocycles. The smallest absolute Gasteiger partial charge is 0.0212 e. The molecule has 9 heavy (non-hydrogen) atoms. The molecular weight excluding hydrogens is 112 g/mol. The van der Waals surface area contributed by atoms with Crippen LogP contribution in [0.3, 0.4) is 0 Å². The molecule has 2 nitrogen and oxygen atoms in total. The van der Waals surface area contributed by atoms with E-state index in [1.165, 1.54) is 6.42 Å². The molecule has 0 radical (unpaired) electrons. The van der Waals surface area contributed by atoms with Crippen LogP contribution in [0.25, 0.3) is 0 Å². The summed E-state index contributed by atoms with van der Waals surface area (Å²) in [5, 5.41) is 3.18. The Hall–Kier alpha value is -0.0800. The molecule has 2 heteroatoms. The fourth-order valence-corrected chi connectivity index (χ4v) is 0.919. The predicted molar refractivity (Wildman–Crippen MR) is 41.4 cm³/mol. The first kappa shape index (κ1) is 8.92. The molecule has 0 saturated heterocycles. The number of rotatable bonds is 4. The van der Waals surface area contributed by atoms with Crippen molar-refractivity contribution in [2.24, 2.45) is 11.7 Å². The number of nitrogens with one attached hydrogen (secondary N) is 1. The van der Waals surface area contributed by atoms with E-state index in [2.05, 4.69) is 19.2 Å². The maximum atomic E-state index is 5.50. The molecule has 0 aliphatic carbocycles. The van der Waals surface area contributed by atoms with Gasteiger partial charge in [-0.25, -0.2) is 0 Å². The van der Waals surface area contributed by atoms with Crippen LogP contribution in [0.2, 0.25) is 0 Å². The van der Waals surface area contributed by atoms with E-state index in [1.807, 2.05) is 7.05 Å². The van der Waals surface area contributed by atoms with Gasteiger partial charge in [0.1, 0.15) is 0 Å². The number of hydrogen-bond donors (Lipinski definition) is 2. The van der Waals surface area contributed by atoms with Crippen molar-refractivity contribution in [1.29, 1.82) is 0 Å².